The van der Waals surface area contributed by atoms with Gasteiger partial charge < -0.3 is 5.32 Å². The standard InChI is InChI=1S/C16H25ClN2.2ClH/c1-3-4-5-16(19-10-8-18-9-11-19)15-7-6-14(17)12-13(15)2;;/h6-7,12,16,18H,3-5,8-11H2,1-2H3;2*1H/t16-;;/m1../s1. The molecule has 1 saturated heterocycles. The van der Waals surface area contributed by atoms with Gasteiger partial charge in [0.2, 0.25) is 0 Å². The average Bonchev–Trinajstić information content (AvgIpc) is 2.42. The molecule has 2 rings (SSSR count). The lowest BCUT2D eigenvalue weighted by molar-refractivity contribution is 0.162. The van der Waals surface area contributed by atoms with Crippen LogP contribution in [0, 0.1) is 6.92 Å². The van der Waals surface area contributed by atoms with Gasteiger partial charge in [0.15, 0.2) is 0 Å². The van der Waals surface area contributed by atoms with E-state index in [1.165, 1.54) is 30.4 Å². The van der Waals surface area contributed by atoms with Crippen molar-refractivity contribution in [1.29, 1.82) is 0 Å². The van der Waals surface area contributed by atoms with Gasteiger partial charge in [-0.05, 0) is 36.6 Å². The number of aryl methyl sites for hydroxylation is 1. The molecule has 21 heavy (non-hydrogen) atoms. The minimum absolute atomic E-state index is 0. The van der Waals surface area contributed by atoms with Gasteiger partial charge in [0, 0.05) is 37.2 Å². The van der Waals surface area contributed by atoms with E-state index in [0.29, 0.717) is 6.04 Å². The molecule has 1 aliphatic heterocycles. The maximum absolute atomic E-state index is 6.09. The molecule has 0 radical (unpaired) electrons. The van der Waals surface area contributed by atoms with Crippen molar-refractivity contribution in [2.45, 2.75) is 39.2 Å². The van der Waals surface area contributed by atoms with Crippen LogP contribution in [-0.4, -0.2) is 31.1 Å². The first-order chi connectivity index (χ1) is 9.22. The van der Waals surface area contributed by atoms with E-state index in [0.717, 1.165) is 31.2 Å². The SMILES string of the molecule is CCCC[C@H](c1ccc(Cl)cc1C)N1CCNCC1.Cl.Cl. The molecular formula is C16H27Cl3N2. The average molecular weight is 354 g/mol. The van der Waals surface area contributed by atoms with E-state index in [2.05, 4.69) is 36.2 Å². The van der Waals surface area contributed by atoms with E-state index in [4.69, 9.17) is 11.6 Å². The number of benzene rings is 1. The quantitative estimate of drug-likeness (QED) is 0.830. The van der Waals surface area contributed by atoms with Gasteiger partial charge in [-0.3, -0.25) is 4.90 Å². The molecule has 0 spiro atoms. The van der Waals surface area contributed by atoms with Crippen molar-refractivity contribution in [2.75, 3.05) is 26.2 Å². The molecule has 0 saturated carbocycles. The Morgan fingerprint density at radius 3 is 2.48 bits per heavy atom. The number of hydrogen-bond acceptors (Lipinski definition) is 2. The molecule has 122 valence electrons. The summed E-state index contributed by atoms with van der Waals surface area (Å²) in [5, 5.41) is 4.28. The fourth-order valence-electron chi connectivity index (χ4n) is 2.94. The number of nitrogens with zero attached hydrogens (tertiary/aromatic N) is 1. The summed E-state index contributed by atoms with van der Waals surface area (Å²) in [6.45, 7) is 8.96. The first-order valence-corrected chi connectivity index (χ1v) is 7.81. The third kappa shape index (κ3) is 5.96. The van der Waals surface area contributed by atoms with Crippen LogP contribution < -0.4 is 5.32 Å². The summed E-state index contributed by atoms with van der Waals surface area (Å²) in [4.78, 5) is 2.63. The highest BCUT2D eigenvalue weighted by atomic mass is 35.5. The lowest BCUT2D eigenvalue weighted by atomic mass is 9.95. The number of piperazine rings is 1. The van der Waals surface area contributed by atoms with Gasteiger partial charge in [-0.25, -0.2) is 0 Å². The van der Waals surface area contributed by atoms with Crippen LogP contribution in [0.5, 0.6) is 0 Å². The molecule has 0 aliphatic carbocycles. The Kier molecular flexibility index (Phi) is 10.7. The van der Waals surface area contributed by atoms with Crippen molar-refractivity contribution in [2.24, 2.45) is 0 Å². The molecule has 0 aromatic heterocycles. The fraction of sp³-hybridized carbons (Fsp3) is 0.625. The van der Waals surface area contributed by atoms with Crippen LogP contribution in [0.2, 0.25) is 5.02 Å². The predicted octanol–water partition coefficient (Wildman–Crippen LogP) is 4.63. The van der Waals surface area contributed by atoms with Crippen LogP contribution in [-0.2, 0) is 0 Å². The number of hydrogen-bond donors (Lipinski definition) is 1. The van der Waals surface area contributed by atoms with Gasteiger partial charge in [-0.2, -0.15) is 0 Å². The second kappa shape index (κ2) is 10.7. The Labute approximate surface area is 146 Å². The van der Waals surface area contributed by atoms with Crippen molar-refractivity contribution in [3.05, 3.63) is 34.3 Å². The van der Waals surface area contributed by atoms with Gasteiger partial charge in [0.25, 0.3) is 0 Å². The lowest BCUT2D eigenvalue weighted by Gasteiger charge is -2.36. The Morgan fingerprint density at radius 1 is 1.24 bits per heavy atom. The van der Waals surface area contributed by atoms with Crippen molar-refractivity contribution < 1.29 is 0 Å². The van der Waals surface area contributed by atoms with Crippen molar-refractivity contribution in [1.82, 2.24) is 10.2 Å². The topological polar surface area (TPSA) is 15.3 Å². The summed E-state index contributed by atoms with van der Waals surface area (Å²) in [5.74, 6) is 0. The molecule has 1 fully saturated rings. The first-order valence-electron chi connectivity index (χ1n) is 7.43. The highest BCUT2D eigenvalue weighted by molar-refractivity contribution is 6.30. The molecule has 0 amide bonds. The van der Waals surface area contributed by atoms with Gasteiger partial charge >= 0.3 is 0 Å². The smallest absolute Gasteiger partial charge is 0.0408 e. The van der Waals surface area contributed by atoms with Gasteiger partial charge in [-0.1, -0.05) is 37.4 Å². The van der Waals surface area contributed by atoms with Crippen LogP contribution in [0.25, 0.3) is 0 Å². The number of halogens is 3. The maximum Gasteiger partial charge on any atom is 0.0408 e. The van der Waals surface area contributed by atoms with Crippen molar-refractivity contribution >= 4 is 36.4 Å². The van der Waals surface area contributed by atoms with Crippen LogP contribution in [0.4, 0.5) is 0 Å². The summed E-state index contributed by atoms with van der Waals surface area (Å²) in [7, 11) is 0. The van der Waals surface area contributed by atoms with Crippen molar-refractivity contribution in [3.63, 3.8) is 0 Å². The van der Waals surface area contributed by atoms with E-state index in [-0.39, 0.29) is 24.8 Å². The molecule has 1 heterocycles. The molecule has 1 aromatic rings. The van der Waals surface area contributed by atoms with E-state index in [1.807, 2.05) is 6.07 Å². The molecule has 1 N–H and O–H groups in total. The highest BCUT2D eigenvalue weighted by Crippen LogP contribution is 2.30. The Hall–Kier alpha value is 0.01000. The Balaban J connectivity index is 0.00000200. The first kappa shape index (κ1) is 21.0. The van der Waals surface area contributed by atoms with Crippen LogP contribution in [0.15, 0.2) is 18.2 Å². The van der Waals surface area contributed by atoms with E-state index >= 15 is 0 Å². The normalized spacial score (nSPS) is 16.7. The van der Waals surface area contributed by atoms with Gasteiger partial charge in [0.05, 0.1) is 0 Å². The number of unbranched alkanes of at least 4 members (excludes halogenated alkanes) is 1. The Bertz CT molecular complexity index is 407. The zero-order valence-electron chi connectivity index (χ0n) is 12.9. The van der Waals surface area contributed by atoms with Gasteiger partial charge in [0.1, 0.15) is 0 Å². The van der Waals surface area contributed by atoms with Crippen molar-refractivity contribution in [3.8, 4) is 0 Å². The number of nitrogens with one attached hydrogen (secondary N) is 1. The molecule has 2 nitrogen and oxygen atoms in total. The molecule has 1 aromatic carbocycles. The van der Waals surface area contributed by atoms with Crippen LogP contribution in [0.3, 0.4) is 0 Å². The van der Waals surface area contributed by atoms with E-state index in [9.17, 15) is 0 Å². The van der Waals surface area contributed by atoms with Crippen LogP contribution >= 0.6 is 36.4 Å². The van der Waals surface area contributed by atoms with Crippen LogP contribution in [0.1, 0.15) is 43.4 Å². The minimum Gasteiger partial charge on any atom is -0.314 e. The summed E-state index contributed by atoms with van der Waals surface area (Å²) >= 11 is 6.09. The second-order valence-electron chi connectivity index (χ2n) is 5.44. The zero-order chi connectivity index (χ0) is 13.7. The molecule has 5 heteroatoms. The molecule has 1 atom stereocenters. The number of rotatable bonds is 5. The minimum atomic E-state index is 0. The second-order valence-corrected chi connectivity index (χ2v) is 5.88. The lowest BCUT2D eigenvalue weighted by Crippen LogP contribution is -2.45. The summed E-state index contributed by atoms with van der Waals surface area (Å²) in [6, 6.07) is 6.91. The third-order valence-electron chi connectivity index (χ3n) is 4.01. The third-order valence-corrected chi connectivity index (χ3v) is 4.25. The molecule has 0 unspecified atom stereocenters. The van der Waals surface area contributed by atoms with E-state index in [1.54, 1.807) is 0 Å². The summed E-state index contributed by atoms with van der Waals surface area (Å²) < 4.78 is 0. The van der Waals surface area contributed by atoms with Gasteiger partial charge in [-0.15, -0.1) is 24.8 Å². The molecular weight excluding hydrogens is 327 g/mol. The fourth-order valence-corrected chi connectivity index (χ4v) is 3.17. The largest absolute Gasteiger partial charge is 0.314 e. The molecule has 0 bridgehead atoms. The Morgan fingerprint density at radius 2 is 1.90 bits per heavy atom. The highest BCUT2D eigenvalue weighted by Gasteiger charge is 2.22. The zero-order valence-corrected chi connectivity index (χ0v) is 15.3. The monoisotopic (exact) mass is 352 g/mol. The summed E-state index contributed by atoms with van der Waals surface area (Å²) in [6.07, 6.45) is 3.80. The summed E-state index contributed by atoms with van der Waals surface area (Å²) in [5.41, 5.74) is 2.78. The predicted molar refractivity (Wildman–Crippen MR) is 97.4 cm³/mol. The maximum atomic E-state index is 6.09. The molecule has 1 aliphatic rings. The van der Waals surface area contributed by atoms with E-state index < -0.39 is 0 Å².